The Balaban J connectivity index is 1.41. The van der Waals surface area contributed by atoms with Crippen LogP contribution in [0.4, 0.5) is 11.4 Å². The highest BCUT2D eigenvalue weighted by Gasteiger charge is 2.24. The van der Waals surface area contributed by atoms with E-state index in [0.717, 1.165) is 0 Å². The summed E-state index contributed by atoms with van der Waals surface area (Å²) in [4.78, 5) is 52.8. The van der Waals surface area contributed by atoms with Gasteiger partial charge in [0.25, 0.3) is 11.8 Å². The van der Waals surface area contributed by atoms with E-state index >= 15 is 0 Å². The van der Waals surface area contributed by atoms with E-state index in [9.17, 15) is 24.3 Å². The number of carboxylic acids is 1. The molecule has 0 fully saturated rings. The second kappa shape index (κ2) is 17.0. The molecule has 0 bridgehead atoms. The lowest BCUT2D eigenvalue weighted by molar-refractivity contribution is -0.116. The van der Waals surface area contributed by atoms with E-state index in [2.05, 4.69) is 16.0 Å². The predicted octanol–water partition coefficient (Wildman–Crippen LogP) is 8.32. The molecule has 1 unspecified atom stereocenters. The average molecular weight is 706 g/mol. The summed E-state index contributed by atoms with van der Waals surface area (Å²) < 4.78 is 5.74. The van der Waals surface area contributed by atoms with E-state index in [1.807, 2.05) is 43.3 Å². The predicted molar refractivity (Wildman–Crippen MR) is 197 cm³/mol. The zero-order valence-electron chi connectivity index (χ0n) is 26.8. The van der Waals surface area contributed by atoms with Crippen LogP contribution < -0.4 is 20.7 Å². The third kappa shape index (κ3) is 9.40. The maximum absolute atomic E-state index is 13.8. The monoisotopic (exact) mass is 705 g/mol. The molecule has 252 valence electrons. The SMILES string of the molecule is CCOc1ccccc1/C=C(/NC(=O)c1ccccc1)C(=O)Nc1cccc(SC(C(=O)Nc2cc(C(=O)O)ccc2Cl)c2ccccc2)c1. The lowest BCUT2D eigenvalue weighted by Crippen LogP contribution is -2.30. The van der Waals surface area contributed by atoms with Crippen LogP contribution in [0.25, 0.3) is 6.08 Å². The number of nitrogens with one attached hydrogen (secondary N) is 3. The van der Waals surface area contributed by atoms with Crippen LogP contribution in [-0.2, 0) is 9.59 Å². The Morgan fingerprint density at radius 1 is 0.800 bits per heavy atom. The lowest BCUT2D eigenvalue weighted by Gasteiger charge is -2.18. The number of thioether (sulfide) groups is 1. The molecule has 0 aliphatic heterocycles. The molecule has 1 atom stereocenters. The average Bonchev–Trinajstić information content (AvgIpc) is 3.12. The first-order valence-electron chi connectivity index (χ1n) is 15.5. The highest BCUT2D eigenvalue weighted by atomic mass is 35.5. The Hall–Kier alpha value is -5.84. The number of hydrogen-bond acceptors (Lipinski definition) is 6. The summed E-state index contributed by atoms with van der Waals surface area (Å²) in [5.41, 5.74) is 2.23. The third-order valence-corrected chi connectivity index (χ3v) is 8.78. The van der Waals surface area contributed by atoms with Crippen molar-refractivity contribution in [2.45, 2.75) is 17.1 Å². The fourth-order valence-electron chi connectivity index (χ4n) is 4.82. The van der Waals surface area contributed by atoms with Crippen molar-refractivity contribution in [1.29, 1.82) is 0 Å². The van der Waals surface area contributed by atoms with E-state index in [-0.39, 0.29) is 22.0 Å². The molecule has 50 heavy (non-hydrogen) atoms. The van der Waals surface area contributed by atoms with Crippen LogP contribution in [0.5, 0.6) is 5.75 Å². The van der Waals surface area contributed by atoms with Crippen molar-refractivity contribution in [2.75, 3.05) is 17.2 Å². The van der Waals surface area contributed by atoms with Gasteiger partial charge in [-0.15, -0.1) is 11.8 Å². The number of amides is 3. The first-order chi connectivity index (χ1) is 24.2. The van der Waals surface area contributed by atoms with Crippen molar-refractivity contribution in [1.82, 2.24) is 5.32 Å². The molecule has 3 amide bonds. The molecule has 5 aromatic carbocycles. The Kier molecular flexibility index (Phi) is 12.1. The molecule has 0 spiro atoms. The number of halogens is 1. The van der Waals surface area contributed by atoms with Crippen LogP contribution >= 0.6 is 23.4 Å². The van der Waals surface area contributed by atoms with E-state index < -0.39 is 28.9 Å². The van der Waals surface area contributed by atoms with E-state index in [1.165, 1.54) is 30.0 Å². The molecule has 5 rings (SSSR count). The minimum Gasteiger partial charge on any atom is -0.493 e. The zero-order chi connectivity index (χ0) is 35.5. The van der Waals surface area contributed by atoms with Gasteiger partial charge >= 0.3 is 5.97 Å². The normalized spacial score (nSPS) is 11.6. The van der Waals surface area contributed by atoms with Crippen molar-refractivity contribution in [2.24, 2.45) is 0 Å². The summed E-state index contributed by atoms with van der Waals surface area (Å²) in [6.45, 7) is 2.27. The van der Waals surface area contributed by atoms with Gasteiger partial charge in [0.1, 0.15) is 16.7 Å². The first-order valence-corrected chi connectivity index (χ1v) is 16.7. The van der Waals surface area contributed by atoms with Gasteiger partial charge in [-0.1, -0.05) is 84.4 Å². The summed E-state index contributed by atoms with van der Waals surface area (Å²) in [5.74, 6) is -2.07. The summed E-state index contributed by atoms with van der Waals surface area (Å²) in [6, 6.07) is 35.8. The van der Waals surface area contributed by atoms with Gasteiger partial charge in [-0.3, -0.25) is 14.4 Å². The number of anilines is 2. The number of ether oxygens (including phenoxy) is 1. The topological polar surface area (TPSA) is 134 Å². The molecule has 9 nitrogen and oxygen atoms in total. The molecule has 0 saturated heterocycles. The number of benzene rings is 5. The number of carbonyl (C=O) groups is 4. The number of carboxylic acid groups (broad SMARTS) is 1. The minimum atomic E-state index is -1.15. The van der Waals surface area contributed by atoms with Crippen LogP contribution in [0.3, 0.4) is 0 Å². The molecule has 0 radical (unpaired) electrons. The number of hydrogen-bond donors (Lipinski definition) is 4. The van der Waals surface area contributed by atoms with Gasteiger partial charge in [0, 0.05) is 21.7 Å². The molecule has 4 N–H and O–H groups in total. The molecule has 0 saturated carbocycles. The van der Waals surface area contributed by atoms with Crippen LogP contribution in [0, 0.1) is 0 Å². The van der Waals surface area contributed by atoms with E-state index in [4.69, 9.17) is 16.3 Å². The van der Waals surface area contributed by atoms with Crippen LogP contribution in [0.1, 0.15) is 44.0 Å². The highest BCUT2D eigenvalue weighted by Crippen LogP contribution is 2.38. The fraction of sp³-hybridized carbons (Fsp3) is 0.0769. The zero-order valence-corrected chi connectivity index (χ0v) is 28.3. The molecular weight excluding hydrogens is 674 g/mol. The highest BCUT2D eigenvalue weighted by molar-refractivity contribution is 8.00. The molecule has 0 aromatic heterocycles. The van der Waals surface area contributed by atoms with Gasteiger partial charge in [-0.25, -0.2) is 4.79 Å². The van der Waals surface area contributed by atoms with Crippen molar-refractivity contribution in [3.05, 3.63) is 160 Å². The number of aromatic carboxylic acids is 1. The Labute approximate surface area is 298 Å². The van der Waals surface area contributed by atoms with Crippen molar-refractivity contribution in [3.63, 3.8) is 0 Å². The second-order valence-corrected chi connectivity index (χ2v) is 12.3. The van der Waals surface area contributed by atoms with Crippen molar-refractivity contribution >= 4 is 64.5 Å². The van der Waals surface area contributed by atoms with Crippen LogP contribution in [0.2, 0.25) is 5.02 Å². The maximum atomic E-state index is 13.8. The molecule has 0 aliphatic carbocycles. The quantitative estimate of drug-likeness (QED) is 0.0715. The molecule has 5 aromatic rings. The van der Waals surface area contributed by atoms with Gasteiger partial charge in [0.05, 0.1) is 22.9 Å². The van der Waals surface area contributed by atoms with Gasteiger partial charge < -0.3 is 25.8 Å². The second-order valence-electron chi connectivity index (χ2n) is 10.7. The summed E-state index contributed by atoms with van der Waals surface area (Å²) in [7, 11) is 0. The summed E-state index contributed by atoms with van der Waals surface area (Å²) in [6.07, 6.45) is 1.56. The Morgan fingerprint density at radius 3 is 2.22 bits per heavy atom. The van der Waals surface area contributed by atoms with Gasteiger partial charge in [0.2, 0.25) is 5.91 Å². The molecule has 0 aliphatic rings. The van der Waals surface area contributed by atoms with Crippen LogP contribution in [-0.4, -0.2) is 35.4 Å². The molecule has 0 heterocycles. The standard InChI is InChI=1S/C39H32ClN3O6S/c1-2-49-34-19-10-9-16-27(34)22-33(43-36(44)26-14-7-4-8-15-26)37(45)41-29-17-11-18-30(24-29)50-35(25-12-5-3-6-13-25)38(46)42-32-23-28(39(47)48)20-21-31(32)40/h3-24,35H,2H2,1H3,(H,41,45)(H,42,46)(H,43,44)(H,47,48)/b33-22+. The van der Waals surface area contributed by atoms with E-state index in [1.54, 1.807) is 78.9 Å². The number of rotatable bonds is 13. The Bertz CT molecular complexity index is 2040. The van der Waals surface area contributed by atoms with Gasteiger partial charge in [-0.05, 0) is 73.2 Å². The Morgan fingerprint density at radius 2 is 1.50 bits per heavy atom. The van der Waals surface area contributed by atoms with Crippen molar-refractivity contribution in [3.8, 4) is 5.75 Å². The molecular formula is C39H32ClN3O6S. The molecule has 11 heteroatoms. The summed E-state index contributed by atoms with van der Waals surface area (Å²) in [5, 5.41) is 17.2. The van der Waals surface area contributed by atoms with Gasteiger partial charge in [-0.2, -0.15) is 0 Å². The van der Waals surface area contributed by atoms with Crippen molar-refractivity contribution < 1.29 is 29.0 Å². The van der Waals surface area contributed by atoms with Gasteiger partial charge in [0.15, 0.2) is 0 Å². The summed E-state index contributed by atoms with van der Waals surface area (Å²) >= 11 is 7.53. The maximum Gasteiger partial charge on any atom is 0.335 e. The lowest BCUT2D eigenvalue weighted by atomic mass is 10.1. The number of carbonyl (C=O) groups excluding carboxylic acids is 3. The third-order valence-electron chi connectivity index (χ3n) is 7.20. The fourth-order valence-corrected chi connectivity index (χ4v) is 6.07. The minimum absolute atomic E-state index is 0.00827. The smallest absolute Gasteiger partial charge is 0.335 e. The van der Waals surface area contributed by atoms with E-state index in [0.29, 0.717) is 39.6 Å². The number of para-hydroxylation sites is 1. The largest absolute Gasteiger partial charge is 0.493 e. The first kappa shape index (κ1) is 35.5. The van der Waals surface area contributed by atoms with Crippen LogP contribution in [0.15, 0.2) is 138 Å².